The summed E-state index contributed by atoms with van der Waals surface area (Å²) in [6.45, 7) is 11.7. The van der Waals surface area contributed by atoms with Crippen LogP contribution in [0.25, 0.3) is 0 Å². The van der Waals surface area contributed by atoms with E-state index >= 15 is 0 Å². The molecule has 0 spiro atoms. The molecule has 0 saturated heterocycles. The lowest BCUT2D eigenvalue weighted by Crippen LogP contribution is -2.35. The Labute approximate surface area is 76.0 Å². The van der Waals surface area contributed by atoms with E-state index in [-0.39, 0.29) is 6.73 Å². The molecule has 0 heterocycles. The summed E-state index contributed by atoms with van der Waals surface area (Å²) in [4.78, 5) is 4.39. The van der Waals surface area contributed by atoms with Crippen molar-refractivity contribution in [3.05, 3.63) is 0 Å². The van der Waals surface area contributed by atoms with Gasteiger partial charge in [-0.2, -0.15) is 0 Å². The lowest BCUT2D eigenvalue weighted by molar-refractivity contribution is 0.100. The first-order valence-electron chi connectivity index (χ1n) is 4.83. The first kappa shape index (κ1) is 11.9. The molecule has 0 radical (unpaired) electrons. The standard InChI is InChI=1S/C9H22N2O/c1-4-10(5-2)7-8-11(6-3)9-12/h12H,4-9H2,1-3H3. The van der Waals surface area contributed by atoms with Gasteiger partial charge in [0.25, 0.3) is 0 Å². The van der Waals surface area contributed by atoms with E-state index in [4.69, 9.17) is 5.11 Å². The molecule has 0 atom stereocenters. The number of rotatable bonds is 7. The summed E-state index contributed by atoms with van der Waals surface area (Å²) in [5, 5.41) is 8.89. The van der Waals surface area contributed by atoms with Gasteiger partial charge < -0.3 is 10.0 Å². The molecule has 1 N–H and O–H groups in total. The highest BCUT2D eigenvalue weighted by molar-refractivity contribution is 4.56. The van der Waals surface area contributed by atoms with Crippen LogP contribution in [0.2, 0.25) is 0 Å². The Morgan fingerprint density at radius 1 is 0.833 bits per heavy atom. The van der Waals surface area contributed by atoms with E-state index in [9.17, 15) is 0 Å². The van der Waals surface area contributed by atoms with Crippen LogP contribution in [0, 0.1) is 0 Å². The van der Waals surface area contributed by atoms with Crippen molar-refractivity contribution in [2.45, 2.75) is 20.8 Å². The maximum Gasteiger partial charge on any atom is 0.0956 e. The van der Waals surface area contributed by atoms with Crippen molar-refractivity contribution in [1.82, 2.24) is 9.80 Å². The summed E-state index contributed by atoms with van der Waals surface area (Å²) in [5.74, 6) is 0. The van der Waals surface area contributed by atoms with Gasteiger partial charge in [0.2, 0.25) is 0 Å². The van der Waals surface area contributed by atoms with E-state index in [1.54, 1.807) is 0 Å². The predicted molar refractivity (Wildman–Crippen MR) is 52.1 cm³/mol. The lowest BCUT2D eigenvalue weighted by Gasteiger charge is -2.23. The first-order valence-corrected chi connectivity index (χ1v) is 4.83. The van der Waals surface area contributed by atoms with Crippen molar-refractivity contribution >= 4 is 0 Å². The summed E-state index contributed by atoms with van der Waals surface area (Å²) in [6, 6.07) is 0. The van der Waals surface area contributed by atoms with Crippen molar-refractivity contribution < 1.29 is 5.11 Å². The summed E-state index contributed by atoms with van der Waals surface area (Å²) in [5.41, 5.74) is 0. The smallest absolute Gasteiger partial charge is 0.0956 e. The van der Waals surface area contributed by atoms with E-state index in [1.807, 2.05) is 4.90 Å². The highest BCUT2D eigenvalue weighted by Crippen LogP contribution is 1.90. The molecule has 0 saturated carbocycles. The molecule has 0 fully saturated rings. The van der Waals surface area contributed by atoms with E-state index in [0.717, 1.165) is 32.7 Å². The van der Waals surface area contributed by atoms with Crippen LogP contribution in [-0.2, 0) is 0 Å². The fourth-order valence-corrected chi connectivity index (χ4v) is 1.15. The third-order valence-corrected chi connectivity index (χ3v) is 2.27. The van der Waals surface area contributed by atoms with Gasteiger partial charge >= 0.3 is 0 Å². The monoisotopic (exact) mass is 174 g/mol. The third kappa shape index (κ3) is 4.70. The van der Waals surface area contributed by atoms with Gasteiger partial charge in [-0.05, 0) is 19.6 Å². The Kier molecular flexibility index (Phi) is 7.45. The molecule has 0 aliphatic heterocycles. The van der Waals surface area contributed by atoms with Crippen molar-refractivity contribution in [1.29, 1.82) is 0 Å². The molecule has 0 amide bonds. The number of likely N-dealkylation sites (N-methyl/N-ethyl adjacent to an activating group) is 2. The van der Waals surface area contributed by atoms with E-state index in [1.165, 1.54) is 0 Å². The maximum absolute atomic E-state index is 8.89. The third-order valence-electron chi connectivity index (χ3n) is 2.27. The Morgan fingerprint density at radius 3 is 1.58 bits per heavy atom. The second-order valence-electron chi connectivity index (χ2n) is 2.88. The van der Waals surface area contributed by atoms with Gasteiger partial charge in [0.05, 0.1) is 6.73 Å². The van der Waals surface area contributed by atoms with Crippen LogP contribution in [0.4, 0.5) is 0 Å². The van der Waals surface area contributed by atoms with Crippen molar-refractivity contribution in [2.75, 3.05) is 39.5 Å². The number of aliphatic hydroxyl groups excluding tert-OH is 1. The highest BCUT2D eigenvalue weighted by atomic mass is 16.3. The second kappa shape index (κ2) is 7.53. The highest BCUT2D eigenvalue weighted by Gasteiger charge is 2.02. The maximum atomic E-state index is 8.89. The molecule has 0 rings (SSSR count). The Hall–Kier alpha value is -0.120. The molecule has 0 aromatic rings. The minimum Gasteiger partial charge on any atom is -0.381 e. The zero-order chi connectivity index (χ0) is 9.40. The largest absolute Gasteiger partial charge is 0.381 e. The molecule has 0 unspecified atom stereocenters. The van der Waals surface area contributed by atoms with Crippen LogP contribution < -0.4 is 0 Å². The van der Waals surface area contributed by atoms with Gasteiger partial charge in [-0.15, -0.1) is 0 Å². The van der Waals surface area contributed by atoms with Crippen molar-refractivity contribution in [3.63, 3.8) is 0 Å². The average Bonchev–Trinajstić information content (AvgIpc) is 2.13. The predicted octanol–water partition coefficient (Wildman–Crippen LogP) is 0.600. The minimum absolute atomic E-state index is 0.178. The molecule has 0 aliphatic rings. The van der Waals surface area contributed by atoms with Gasteiger partial charge in [0.1, 0.15) is 0 Å². The Balaban J connectivity index is 3.49. The summed E-state index contributed by atoms with van der Waals surface area (Å²) in [6.07, 6.45) is 0. The zero-order valence-electron chi connectivity index (χ0n) is 8.58. The fraction of sp³-hybridized carbons (Fsp3) is 1.00. The van der Waals surface area contributed by atoms with Crippen LogP contribution in [0.1, 0.15) is 20.8 Å². The van der Waals surface area contributed by atoms with Gasteiger partial charge in [-0.3, -0.25) is 4.90 Å². The van der Waals surface area contributed by atoms with Gasteiger partial charge in [-0.25, -0.2) is 0 Å². The first-order chi connectivity index (χ1) is 5.78. The molecule has 3 heteroatoms. The zero-order valence-corrected chi connectivity index (χ0v) is 8.58. The molecular weight excluding hydrogens is 152 g/mol. The SMILES string of the molecule is CCN(CC)CCN(CC)CO. The van der Waals surface area contributed by atoms with Crippen LogP contribution in [-0.4, -0.2) is 54.4 Å². The van der Waals surface area contributed by atoms with E-state index < -0.39 is 0 Å². The molecule has 3 nitrogen and oxygen atoms in total. The molecular formula is C9H22N2O. The summed E-state index contributed by atoms with van der Waals surface area (Å²) in [7, 11) is 0. The number of hydrogen-bond acceptors (Lipinski definition) is 3. The van der Waals surface area contributed by atoms with Crippen LogP contribution in [0.5, 0.6) is 0 Å². The second-order valence-corrected chi connectivity index (χ2v) is 2.88. The normalized spacial score (nSPS) is 11.5. The number of nitrogens with zero attached hydrogens (tertiary/aromatic N) is 2. The van der Waals surface area contributed by atoms with Crippen molar-refractivity contribution in [2.24, 2.45) is 0 Å². The van der Waals surface area contributed by atoms with Crippen LogP contribution >= 0.6 is 0 Å². The number of aliphatic hydroxyl groups is 1. The molecule has 12 heavy (non-hydrogen) atoms. The Bertz CT molecular complexity index is 78.5. The molecule has 0 aliphatic carbocycles. The summed E-state index contributed by atoms with van der Waals surface area (Å²) >= 11 is 0. The van der Waals surface area contributed by atoms with E-state index in [0.29, 0.717) is 0 Å². The van der Waals surface area contributed by atoms with Gasteiger partial charge in [0, 0.05) is 13.1 Å². The van der Waals surface area contributed by atoms with Gasteiger partial charge in [-0.1, -0.05) is 20.8 Å². The van der Waals surface area contributed by atoms with Crippen molar-refractivity contribution in [3.8, 4) is 0 Å². The minimum atomic E-state index is 0.178. The summed E-state index contributed by atoms with van der Waals surface area (Å²) < 4.78 is 0. The van der Waals surface area contributed by atoms with Crippen LogP contribution in [0.3, 0.4) is 0 Å². The molecule has 0 aromatic carbocycles. The molecule has 0 bridgehead atoms. The van der Waals surface area contributed by atoms with Crippen LogP contribution in [0.15, 0.2) is 0 Å². The lowest BCUT2D eigenvalue weighted by atomic mass is 10.4. The Morgan fingerprint density at radius 2 is 1.25 bits per heavy atom. The molecule has 0 aromatic heterocycles. The molecule has 74 valence electrons. The van der Waals surface area contributed by atoms with E-state index in [2.05, 4.69) is 25.7 Å². The van der Waals surface area contributed by atoms with Gasteiger partial charge in [0.15, 0.2) is 0 Å². The fourth-order valence-electron chi connectivity index (χ4n) is 1.15. The number of hydrogen-bond donors (Lipinski definition) is 1. The quantitative estimate of drug-likeness (QED) is 0.573. The average molecular weight is 174 g/mol. The topological polar surface area (TPSA) is 26.7 Å².